The molecule has 2 N–H and O–H groups in total. The molecule has 2 aromatic rings. The highest BCUT2D eigenvalue weighted by molar-refractivity contribution is 5.95. The van der Waals surface area contributed by atoms with E-state index in [-0.39, 0.29) is 11.6 Å². The summed E-state index contributed by atoms with van der Waals surface area (Å²) in [5.41, 5.74) is 0.825. The van der Waals surface area contributed by atoms with Crippen LogP contribution in [0.2, 0.25) is 0 Å². The van der Waals surface area contributed by atoms with Crippen LogP contribution in [0.25, 0.3) is 5.69 Å². The van der Waals surface area contributed by atoms with Gasteiger partial charge in [0.05, 0.1) is 5.69 Å². The summed E-state index contributed by atoms with van der Waals surface area (Å²) in [4.78, 5) is 27.2. The van der Waals surface area contributed by atoms with Crippen molar-refractivity contribution < 1.29 is 14.7 Å². The number of hydrogen-bond donors (Lipinski definition) is 2. The normalized spacial score (nSPS) is 12.1. The van der Waals surface area contributed by atoms with Gasteiger partial charge in [-0.15, -0.1) is 0 Å². The van der Waals surface area contributed by atoms with Crippen molar-refractivity contribution in [1.82, 2.24) is 20.1 Å². The van der Waals surface area contributed by atoms with Crippen LogP contribution in [0.5, 0.6) is 0 Å². The van der Waals surface area contributed by atoms with Gasteiger partial charge in [-0.1, -0.05) is 13.8 Å². The number of amides is 1. The van der Waals surface area contributed by atoms with Gasteiger partial charge in [0, 0.05) is 18.6 Å². The van der Waals surface area contributed by atoms with Crippen molar-refractivity contribution in [3.05, 3.63) is 42.5 Å². The lowest BCUT2D eigenvalue weighted by Crippen LogP contribution is -2.44. The van der Waals surface area contributed by atoms with Gasteiger partial charge in [-0.2, -0.15) is 5.10 Å². The third-order valence-electron chi connectivity index (χ3n) is 2.96. The van der Waals surface area contributed by atoms with Crippen LogP contribution >= 0.6 is 0 Å². The highest BCUT2D eigenvalue weighted by Crippen LogP contribution is 2.08. The second-order valence-corrected chi connectivity index (χ2v) is 4.88. The molecule has 0 radical (unpaired) electrons. The van der Waals surface area contributed by atoms with Gasteiger partial charge in [0.15, 0.2) is 0 Å². The Labute approximate surface area is 121 Å². The zero-order valence-corrected chi connectivity index (χ0v) is 11.7. The number of carboxylic acid groups (broad SMARTS) is 1. The molecule has 1 unspecified atom stereocenters. The van der Waals surface area contributed by atoms with E-state index in [1.54, 1.807) is 49.1 Å². The summed E-state index contributed by atoms with van der Waals surface area (Å²) in [5.74, 6) is -1.81. The molecular weight excluding hydrogens is 272 g/mol. The molecule has 7 nitrogen and oxygen atoms in total. The molecule has 0 fully saturated rings. The fourth-order valence-electron chi connectivity index (χ4n) is 1.84. The molecule has 0 bridgehead atoms. The van der Waals surface area contributed by atoms with Gasteiger partial charge in [0.25, 0.3) is 5.91 Å². The number of aromatic nitrogens is 3. The van der Waals surface area contributed by atoms with Crippen molar-refractivity contribution in [2.24, 2.45) is 5.92 Å². The van der Waals surface area contributed by atoms with Crippen LogP contribution in [0.1, 0.15) is 24.3 Å². The number of carbonyl (C=O) groups excluding carboxylic acids is 1. The highest BCUT2D eigenvalue weighted by Gasteiger charge is 2.24. The van der Waals surface area contributed by atoms with Gasteiger partial charge >= 0.3 is 5.97 Å². The molecule has 1 atom stereocenters. The van der Waals surface area contributed by atoms with Crippen molar-refractivity contribution in [2.75, 3.05) is 0 Å². The van der Waals surface area contributed by atoms with Gasteiger partial charge in [-0.25, -0.2) is 9.48 Å². The Kier molecular flexibility index (Phi) is 4.32. The van der Waals surface area contributed by atoms with E-state index in [1.165, 1.54) is 6.20 Å². The Hall–Kier alpha value is -2.70. The molecule has 0 aromatic carbocycles. The van der Waals surface area contributed by atoms with Gasteiger partial charge in [0.1, 0.15) is 11.7 Å². The summed E-state index contributed by atoms with van der Waals surface area (Å²) >= 11 is 0. The zero-order chi connectivity index (χ0) is 15.4. The fraction of sp³-hybridized carbons (Fsp3) is 0.286. The van der Waals surface area contributed by atoms with Crippen LogP contribution in [0.3, 0.4) is 0 Å². The molecule has 2 aromatic heterocycles. The van der Waals surface area contributed by atoms with Crippen molar-refractivity contribution in [1.29, 1.82) is 0 Å². The monoisotopic (exact) mass is 288 g/mol. The van der Waals surface area contributed by atoms with E-state index in [0.717, 1.165) is 0 Å². The molecule has 2 heterocycles. The summed E-state index contributed by atoms with van der Waals surface area (Å²) in [5, 5.41) is 15.6. The quantitative estimate of drug-likeness (QED) is 0.859. The first kappa shape index (κ1) is 14.7. The van der Waals surface area contributed by atoms with Crippen molar-refractivity contribution in [3.8, 4) is 5.69 Å². The van der Waals surface area contributed by atoms with Crippen molar-refractivity contribution in [3.63, 3.8) is 0 Å². The minimum absolute atomic E-state index is 0.148. The number of carbonyl (C=O) groups is 2. The van der Waals surface area contributed by atoms with E-state index >= 15 is 0 Å². The molecule has 0 saturated carbocycles. The SMILES string of the molecule is CC(C)C(NC(=O)c1cc(-n2cccn2)ccn1)C(=O)O. The summed E-state index contributed by atoms with van der Waals surface area (Å²) < 4.78 is 1.59. The first-order valence-corrected chi connectivity index (χ1v) is 6.49. The van der Waals surface area contributed by atoms with E-state index in [2.05, 4.69) is 15.4 Å². The third-order valence-corrected chi connectivity index (χ3v) is 2.96. The number of carboxylic acids is 1. The number of hydrogen-bond acceptors (Lipinski definition) is 4. The fourth-order valence-corrected chi connectivity index (χ4v) is 1.84. The number of aliphatic carboxylic acids is 1. The molecule has 1 amide bonds. The van der Waals surface area contributed by atoms with Crippen LogP contribution < -0.4 is 5.32 Å². The lowest BCUT2D eigenvalue weighted by atomic mass is 10.0. The maximum atomic E-state index is 12.1. The Morgan fingerprint density at radius 3 is 2.67 bits per heavy atom. The Bertz CT molecular complexity index is 637. The zero-order valence-electron chi connectivity index (χ0n) is 11.7. The van der Waals surface area contributed by atoms with Gasteiger partial charge in [-0.05, 0) is 24.1 Å². The molecule has 0 saturated heterocycles. The molecule has 0 spiro atoms. The second-order valence-electron chi connectivity index (χ2n) is 4.88. The number of pyridine rings is 1. The lowest BCUT2D eigenvalue weighted by molar-refractivity contribution is -0.140. The minimum atomic E-state index is -1.07. The largest absolute Gasteiger partial charge is 0.480 e. The first-order chi connectivity index (χ1) is 9.99. The van der Waals surface area contributed by atoms with E-state index in [1.807, 2.05) is 0 Å². The van der Waals surface area contributed by atoms with Crippen LogP contribution in [0.4, 0.5) is 0 Å². The van der Waals surface area contributed by atoms with E-state index in [0.29, 0.717) is 5.69 Å². The average molecular weight is 288 g/mol. The van der Waals surface area contributed by atoms with Crippen LogP contribution in [0, 0.1) is 5.92 Å². The predicted molar refractivity (Wildman–Crippen MR) is 75.1 cm³/mol. The van der Waals surface area contributed by atoms with E-state index in [9.17, 15) is 9.59 Å². The predicted octanol–water partition coefficient (Wildman–Crippen LogP) is 1.11. The molecule has 7 heteroatoms. The minimum Gasteiger partial charge on any atom is -0.480 e. The first-order valence-electron chi connectivity index (χ1n) is 6.49. The summed E-state index contributed by atoms with van der Waals surface area (Å²) in [6, 6.07) is 4.08. The van der Waals surface area contributed by atoms with Crippen molar-refractivity contribution >= 4 is 11.9 Å². The van der Waals surface area contributed by atoms with Gasteiger partial charge in [-0.3, -0.25) is 9.78 Å². The van der Waals surface area contributed by atoms with Gasteiger partial charge in [0.2, 0.25) is 0 Å². The van der Waals surface area contributed by atoms with E-state index < -0.39 is 17.9 Å². The van der Waals surface area contributed by atoms with Crippen LogP contribution in [-0.2, 0) is 4.79 Å². The van der Waals surface area contributed by atoms with Gasteiger partial charge < -0.3 is 10.4 Å². The number of nitrogens with zero attached hydrogens (tertiary/aromatic N) is 3. The molecule has 110 valence electrons. The number of rotatable bonds is 5. The Balaban J connectivity index is 2.20. The molecule has 0 aliphatic heterocycles. The topological polar surface area (TPSA) is 97.1 Å². The molecule has 2 rings (SSSR count). The number of nitrogens with one attached hydrogen (secondary N) is 1. The third kappa shape index (κ3) is 3.44. The molecule has 21 heavy (non-hydrogen) atoms. The summed E-state index contributed by atoms with van der Waals surface area (Å²) in [7, 11) is 0. The summed E-state index contributed by atoms with van der Waals surface area (Å²) in [6.07, 6.45) is 4.85. The van der Waals surface area contributed by atoms with Crippen LogP contribution in [0.15, 0.2) is 36.8 Å². The molecule has 0 aliphatic carbocycles. The van der Waals surface area contributed by atoms with E-state index in [4.69, 9.17) is 5.11 Å². The Morgan fingerprint density at radius 2 is 2.10 bits per heavy atom. The van der Waals surface area contributed by atoms with Crippen LogP contribution in [-0.4, -0.2) is 37.8 Å². The second kappa shape index (κ2) is 6.17. The maximum absolute atomic E-state index is 12.1. The average Bonchev–Trinajstić information content (AvgIpc) is 2.98. The molecule has 0 aliphatic rings. The lowest BCUT2D eigenvalue weighted by Gasteiger charge is -2.17. The standard InChI is InChI=1S/C14H16N4O3/c1-9(2)12(14(20)21)17-13(19)11-8-10(4-6-15-11)18-7-3-5-16-18/h3-9,12H,1-2H3,(H,17,19)(H,20,21). The van der Waals surface area contributed by atoms with Crippen molar-refractivity contribution in [2.45, 2.75) is 19.9 Å². The molecular formula is C14H16N4O3. The highest BCUT2D eigenvalue weighted by atomic mass is 16.4. The maximum Gasteiger partial charge on any atom is 0.326 e. The smallest absolute Gasteiger partial charge is 0.326 e. The Morgan fingerprint density at radius 1 is 1.33 bits per heavy atom. The summed E-state index contributed by atoms with van der Waals surface area (Å²) in [6.45, 7) is 3.46.